The fraction of sp³-hybridized carbons (Fsp3) is 0.269. The molecule has 3 aromatic carbocycles. The van der Waals surface area contributed by atoms with Gasteiger partial charge < -0.3 is 9.47 Å². The number of nitrogens with zero attached hydrogens (tertiary/aromatic N) is 2. The predicted molar refractivity (Wildman–Crippen MR) is 127 cm³/mol. The summed E-state index contributed by atoms with van der Waals surface area (Å²) in [5.41, 5.74) is 5.41. The first-order chi connectivity index (χ1) is 17.1. The zero-order chi connectivity index (χ0) is 25.9. The molecule has 0 fully saturated rings. The van der Waals surface area contributed by atoms with Crippen molar-refractivity contribution in [1.82, 2.24) is 15.3 Å². The van der Waals surface area contributed by atoms with Crippen molar-refractivity contribution in [2.24, 2.45) is 0 Å². The Balaban J connectivity index is 1.65. The zero-order valence-corrected chi connectivity index (χ0v) is 19.8. The number of nitrogens with one attached hydrogen (secondary N) is 1. The number of aryl methyl sites for hydroxylation is 1. The summed E-state index contributed by atoms with van der Waals surface area (Å²) in [6.45, 7) is 2.09. The number of rotatable bonds is 9. The van der Waals surface area contributed by atoms with E-state index in [1.165, 1.54) is 19.2 Å². The molecule has 4 aromatic rings. The van der Waals surface area contributed by atoms with Gasteiger partial charge in [0.2, 0.25) is 0 Å². The van der Waals surface area contributed by atoms with Crippen molar-refractivity contribution in [3.8, 4) is 17.2 Å². The Morgan fingerprint density at radius 3 is 2.50 bits per heavy atom. The first kappa shape index (κ1) is 25.5. The molecule has 0 radical (unpaired) electrons. The van der Waals surface area contributed by atoms with Gasteiger partial charge in [-0.1, -0.05) is 12.1 Å². The van der Waals surface area contributed by atoms with E-state index < -0.39 is 24.9 Å². The molecule has 36 heavy (non-hydrogen) atoms. The average Bonchev–Trinajstić information content (AvgIpc) is 3.24. The number of hydrogen-bond acceptors (Lipinski definition) is 5. The second-order valence-corrected chi connectivity index (χ2v) is 8.33. The van der Waals surface area contributed by atoms with Crippen LogP contribution in [0.25, 0.3) is 16.6 Å². The Hall–Kier alpha value is -3.63. The molecule has 0 aliphatic carbocycles. The number of benzene rings is 3. The molecule has 1 N–H and O–H groups in total. The molecular formula is C26H25F4N3O3. The molecule has 1 aromatic heterocycles. The van der Waals surface area contributed by atoms with E-state index in [2.05, 4.69) is 10.6 Å². The van der Waals surface area contributed by atoms with Gasteiger partial charge in [-0.15, -0.1) is 0 Å². The summed E-state index contributed by atoms with van der Waals surface area (Å²) >= 11 is 0. The third kappa shape index (κ3) is 5.95. The van der Waals surface area contributed by atoms with Crippen LogP contribution in [0.4, 0.5) is 17.6 Å². The Bertz CT molecular complexity index is 1320. The van der Waals surface area contributed by atoms with Gasteiger partial charge in [-0.2, -0.15) is 23.8 Å². The van der Waals surface area contributed by atoms with Gasteiger partial charge in [-0.05, 0) is 73.5 Å². The van der Waals surface area contributed by atoms with Crippen LogP contribution in [0.15, 0.2) is 66.9 Å². The molecule has 0 saturated heterocycles. The average molecular weight is 503 g/mol. The van der Waals surface area contributed by atoms with Crippen LogP contribution >= 0.6 is 0 Å². The molecule has 0 aliphatic rings. The Morgan fingerprint density at radius 1 is 1.06 bits per heavy atom. The van der Waals surface area contributed by atoms with Gasteiger partial charge in [-0.3, -0.25) is 4.84 Å². The molecule has 0 amide bonds. The second-order valence-electron chi connectivity index (χ2n) is 8.33. The third-order valence-electron chi connectivity index (χ3n) is 5.57. The van der Waals surface area contributed by atoms with Crippen molar-refractivity contribution in [3.63, 3.8) is 0 Å². The predicted octanol–water partition coefficient (Wildman–Crippen LogP) is 6.07. The largest absolute Gasteiger partial charge is 0.497 e. The number of alkyl halides is 3. The van der Waals surface area contributed by atoms with Crippen molar-refractivity contribution < 1.29 is 31.9 Å². The van der Waals surface area contributed by atoms with Gasteiger partial charge in [0.15, 0.2) is 6.61 Å². The number of hydrogen-bond donors (Lipinski definition) is 1. The minimum absolute atomic E-state index is 0.340. The monoisotopic (exact) mass is 503 g/mol. The molecule has 0 unspecified atom stereocenters. The molecule has 0 spiro atoms. The SMILES string of the molecule is COc1cccc([C@@H](Oc2cc3cnn(-c4ccc(F)cc4)c3cc2C)[C@H](C)NOCC(F)(F)F)c1. The van der Waals surface area contributed by atoms with Gasteiger partial charge in [0.1, 0.15) is 23.4 Å². The van der Waals surface area contributed by atoms with E-state index in [4.69, 9.17) is 14.3 Å². The molecule has 1 heterocycles. The van der Waals surface area contributed by atoms with Crippen molar-refractivity contribution in [2.75, 3.05) is 13.7 Å². The highest BCUT2D eigenvalue weighted by atomic mass is 19.4. The summed E-state index contributed by atoms with van der Waals surface area (Å²) in [6.07, 6.45) is -3.51. The molecule has 0 bridgehead atoms. The molecule has 6 nitrogen and oxygen atoms in total. The van der Waals surface area contributed by atoms with E-state index in [1.807, 2.05) is 19.1 Å². The van der Waals surface area contributed by atoms with Gasteiger partial charge >= 0.3 is 6.18 Å². The summed E-state index contributed by atoms with van der Waals surface area (Å²) < 4.78 is 64.4. The lowest BCUT2D eigenvalue weighted by molar-refractivity contribution is -0.195. The maximum absolute atomic E-state index is 13.3. The Kier molecular flexibility index (Phi) is 7.46. The highest BCUT2D eigenvalue weighted by Crippen LogP contribution is 2.33. The molecule has 190 valence electrons. The first-order valence-electron chi connectivity index (χ1n) is 11.1. The smallest absolute Gasteiger partial charge is 0.413 e. The number of aromatic nitrogens is 2. The third-order valence-corrected chi connectivity index (χ3v) is 5.57. The minimum Gasteiger partial charge on any atom is -0.497 e. The van der Waals surface area contributed by atoms with Crippen LogP contribution in [-0.4, -0.2) is 35.7 Å². The lowest BCUT2D eigenvalue weighted by Gasteiger charge is -2.27. The van der Waals surface area contributed by atoms with Gasteiger partial charge in [0, 0.05) is 5.39 Å². The normalized spacial score (nSPS) is 13.5. The Morgan fingerprint density at radius 2 is 1.81 bits per heavy atom. The Labute approximate surface area is 205 Å². The quantitative estimate of drug-likeness (QED) is 0.222. The van der Waals surface area contributed by atoms with Gasteiger partial charge in [0.05, 0.1) is 30.6 Å². The fourth-order valence-corrected chi connectivity index (χ4v) is 3.80. The number of hydroxylamine groups is 1. The minimum atomic E-state index is -4.47. The van der Waals surface area contributed by atoms with E-state index >= 15 is 0 Å². The van der Waals surface area contributed by atoms with E-state index in [-0.39, 0.29) is 5.82 Å². The van der Waals surface area contributed by atoms with E-state index in [1.54, 1.807) is 54.2 Å². The van der Waals surface area contributed by atoms with E-state index in [0.29, 0.717) is 22.7 Å². The van der Waals surface area contributed by atoms with Crippen LogP contribution in [0.1, 0.15) is 24.2 Å². The molecule has 2 atom stereocenters. The molecular weight excluding hydrogens is 478 g/mol. The van der Waals surface area contributed by atoms with Crippen LogP contribution in [-0.2, 0) is 4.84 Å². The van der Waals surface area contributed by atoms with Gasteiger partial charge in [-0.25, -0.2) is 9.07 Å². The van der Waals surface area contributed by atoms with Crippen molar-refractivity contribution >= 4 is 10.9 Å². The van der Waals surface area contributed by atoms with E-state index in [0.717, 1.165) is 16.5 Å². The van der Waals surface area contributed by atoms with Crippen LogP contribution in [0.2, 0.25) is 0 Å². The highest BCUT2D eigenvalue weighted by Gasteiger charge is 2.30. The molecule has 0 saturated carbocycles. The number of fused-ring (bicyclic) bond motifs is 1. The van der Waals surface area contributed by atoms with Crippen molar-refractivity contribution in [2.45, 2.75) is 32.2 Å². The van der Waals surface area contributed by atoms with Crippen molar-refractivity contribution in [3.05, 3.63) is 83.8 Å². The summed E-state index contributed by atoms with van der Waals surface area (Å²) in [4.78, 5) is 4.69. The molecule has 10 heteroatoms. The number of ether oxygens (including phenoxy) is 2. The fourth-order valence-electron chi connectivity index (χ4n) is 3.80. The standard InChI is InChI=1S/C26H25F4N3O3/c1-16-11-23-19(14-31-33(23)21-9-7-20(27)8-10-21)13-24(16)36-25(17(2)32-35-15-26(28,29)30)18-5-4-6-22(12-18)34-3/h4-14,17,25,32H,15H2,1-3H3/t17-,25-/m0/s1. The first-order valence-corrected chi connectivity index (χ1v) is 11.1. The summed E-state index contributed by atoms with van der Waals surface area (Å²) in [5, 5.41) is 5.20. The maximum Gasteiger partial charge on any atom is 0.413 e. The summed E-state index contributed by atoms with van der Waals surface area (Å²) in [7, 11) is 1.53. The lowest BCUT2D eigenvalue weighted by Crippen LogP contribution is -2.37. The van der Waals surface area contributed by atoms with Crippen LogP contribution in [0, 0.1) is 12.7 Å². The summed E-state index contributed by atoms with van der Waals surface area (Å²) in [6, 6.07) is 16.1. The molecule has 0 aliphatic heterocycles. The lowest BCUT2D eigenvalue weighted by atomic mass is 10.0. The highest BCUT2D eigenvalue weighted by molar-refractivity contribution is 5.83. The van der Waals surface area contributed by atoms with Crippen LogP contribution in [0.5, 0.6) is 11.5 Å². The molecule has 4 rings (SSSR count). The zero-order valence-electron chi connectivity index (χ0n) is 19.8. The second kappa shape index (κ2) is 10.5. The van der Waals surface area contributed by atoms with Crippen LogP contribution in [0.3, 0.4) is 0 Å². The number of methoxy groups -OCH3 is 1. The number of halogens is 4. The van der Waals surface area contributed by atoms with Crippen molar-refractivity contribution in [1.29, 1.82) is 0 Å². The topological polar surface area (TPSA) is 57.5 Å². The van der Waals surface area contributed by atoms with Crippen LogP contribution < -0.4 is 15.0 Å². The maximum atomic E-state index is 13.3. The van der Waals surface area contributed by atoms with E-state index in [9.17, 15) is 17.6 Å². The summed E-state index contributed by atoms with van der Waals surface area (Å²) in [5.74, 6) is 0.767. The van der Waals surface area contributed by atoms with Gasteiger partial charge in [0.25, 0.3) is 0 Å².